The standard InChI is InChI=1S/C20H36BrN3O3Si2/c1-8-16-18-17(23(19(16)21)14-26-9-11-28(2,3)4)13-22-24(20(18)25)15-27-10-12-29(5,6)7/h13H,8-12,14-15H2,1-7H3. The maximum Gasteiger partial charge on any atom is 0.278 e. The van der Waals surface area contributed by atoms with Crippen molar-refractivity contribution in [2.45, 2.75) is 78.2 Å². The molecule has 0 saturated carbocycles. The first-order chi connectivity index (χ1) is 13.4. The summed E-state index contributed by atoms with van der Waals surface area (Å²) in [5.41, 5.74) is 1.70. The van der Waals surface area contributed by atoms with Gasteiger partial charge in [0.2, 0.25) is 0 Å². The summed E-state index contributed by atoms with van der Waals surface area (Å²) in [6.07, 6.45) is 2.51. The molecule has 0 aromatic carbocycles. The van der Waals surface area contributed by atoms with Gasteiger partial charge in [0.25, 0.3) is 5.56 Å². The number of ether oxygens (including phenoxy) is 2. The Bertz CT molecular complexity index is 882. The van der Waals surface area contributed by atoms with Gasteiger partial charge in [-0.05, 0) is 40.0 Å². The van der Waals surface area contributed by atoms with Crippen LogP contribution in [0, 0.1) is 0 Å². The molecular weight excluding hydrogens is 466 g/mol. The molecule has 6 nitrogen and oxygen atoms in total. The molecule has 0 aliphatic heterocycles. The summed E-state index contributed by atoms with van der Waals surface area (Å²) in [6.45, 7) is 18.0. The van der Waals surface area contributed by atoms with E-state index in [0.29, 0.717) is 18.7 Å². The number of fused-ring (bicyclic) bond motifs is 1. The SMILES string of the molecule is CCc1c(Br)n(COCC[Si](C)(C)C)c2cnn(COCC[Si](C)(C)C)c(=O)c12. The lowest BCUT2D eigenvalue weighted by atomic mass is 10.2. The summed E-state index contributed by atoms with van der Waals surface area (Å²) in [7, 11) is -2.29. The highest BCUT2D eigenvalue weighted by atomic mass is 79.9. The Balaban J connectivity index is 2.20. The molecule has 0 atom stereocenters. The van der Waals surface area contributed by atoms with Crippen molar-refractivity contribution in [1.29, 1.82) is 0 Å². The van der Waals surface area contributed by atoms with Gasteiger partial charge in [0.1, 0.15) is 13.5 Å². The monoisotopic (exact) mass is 501 g/mol. The molecule has 2 heterocycles. The van der Waals surface area contributed by atoms with Crippen LogP contribution in [0.4, 0.5) is 0 Å². The minimum Gasteiger partial charge on any atom is -0.361 e. The molecule has 0 bridgehead atoms. The fraction of sp³-hybridized carbons (Fsp3) is 0.700. The maximum absolute atomic E-state index is 13.1. The average molecular weight is 503 g/mol. The number of aromatic nitrogens is 3. The van der Waals surface area contributed by atoms with Gasteiger partial charge < -0.3 is 14.0 Å². The van der Waals surface area contributed by atoms with Crippen molar-refractivity contribution in [2.24, 2.45) is 0 Å². The molecule has 2 rings (SSSR count). The highest BCUT2D eigenvalue weighted by Gasteiger charge is 2.20. The van der Waals surface area contributed by atoms with Gasteiger partial charge in [0, 0.05) is 29.4 Å². The molecule has 164 valence electrons. The number of halogens is 1. The van der Waals surface area contributed by atoms with Gasteiger partial charge >= 0.3 is 0 Å². The first-order valence-corrected chi connectivity index (χ1v) is 18.6. The van der Waals surface area contributed by atoms with Crippen molar-refractivity contribution in [3.8, 4) is 0 Å². The van der Waals surface area contributed by atoms with E-state index in [4.69, 9.17) is 9.47 Å². The molecule has 2 aromatic heterocycles. The second-order valence-electron chi connectivity index (χ2n) is 9.96. The van der Waals surface area contributed by atoms with E-state index in [1.165, 1.54) is 4.68 Å². The smallest absolute Gasteiger partial charge is 0.278 e. The number of rotatable bonds is 11. The second kappa shape index (κ2) is 10.0. The lowest BCUT2D eigenvalue weighted by molar-refractivity contribution is 0.0752. The molecule has 29 heavy (non-hydrogen) atoms. The topological polar surface area (TPSA) is 58.3 Å². The van der Waals surface area contributed by atoms with E-state index < -0.39 is 16.1 Å². The minimum atomic E-state index is -1.15. The normalized spacial score (nSPS) is 12.8. The third-order valence-electron chi connectivity index (χ3n) is 4.88. The van der Waals surface area contributed by atoms with Crippen LogP contribution in [0.5, 0.6) is 0 Å². The fourth-order valence-corrected chi connectivity index (χ4v) is 5.23. The van der Waals surface area contributed by atoms with Crippen molar-refractivity contribution in [3.05, 3.63) is 26.7 Å². The van der Waals surface area contributed by atoms with Crippen LogP contribution in [0.15, 0.2) is 15.6 Å². The zero-order valence-corrected chi connectivity index (χ0v) is 22.6. The van der Waals surface area contributed by atoms with Crippen molar-refractivity contribution in [1.82, 2.24) is 14.3 Å². The first kappa shape index (κ1) is 24.5. The summed E-state index contributed by atoms with van der Waals surface area (Å²) in [6, 6.07) is 2.19. The van der Waals surface area contributed by atoms with Gasteiger partial charge in [-0.15, -0.1) is 0 Å². The molecular formula is C20H36BrN3O3Si2. The molecule has 0 spiro atoms. The van der Waals surface area contributed by atoms with Gasteiger partial charge in [-0.3, -0.25) is 4.79 Å². The van der Waals surface area contributed by atoms with E-state index in [0.717, 1.165) is 40.8 Å². The van der Waals surface area contributed by atoms with E-state index in [1.807, 2.05) is 4.57 Å². The van der Waals surface area contributed by atoms with Gasteiger partial charge in [-0.2, -0.15) is 5.10 Å². The van der Waals surface area contributed by atoms with Gasteiger partial charge in [-0.25, -0.2) is 4.68 Å². The van der Waals surface area contributed by atoms with E-state index >= 15 is 0 Å². The zero-order chi connectivity index (χ0) is 21.8. The predicted octanol–water partition coefficient (Wildman–Crippen LogP) is 5.15. The Morgan fingerprint density at radius 2 is 1.55 bits per heavy atom. The minimum absolute atomic E-state index is 0.103. The Hall–Kier alpha value is -0.746. The quantitative estimate of drug-likeness (QED) is 0.315. The fourth-order valence-electron chi connectivity index (χ4n) is 2.94. The molecule has 9 heteroatoms. The third-order valence-corrected chi connectivity index (χ3v) is 9.20. The highest BCUT2D eigenvalue weighted by Crippen LogP contribution is 2.28. The molecule has 0 amide bonds. The summed E-state index contributed by atoms with van der Waals surface area (Å²) >= 11 is 3.68. The Morgan fingerprint density at radius 3 is 2.07 bits per heavy atom. The zero-order valence-electron chi connectivity index (χ0n) is 19.0. The molecule has 0 fully saturated rings. The number of hydrogen-bond acceptors (Lipinski definition) is 4. The van der Waals surface area contributed by atoms with E-state index in [-0.39, 0.29) is 12.3 Å². The van der Waals surface area contributed by atoms with E-state index in [1.54, 1.807) is 6.20 Å². The largest absolute Gasteiger partial charge is 0.361 e. The van der Waals surface area contributed by atoms with Crippen LogP contribution in [0.3, 0.4) is 0 Å². The molecule has 0 aliphatic rings. The van der Waals surface area contributed by atoms with Gasteiger partial charge in [0.05, 0.1) is 21.7 Å². The van der Waals surface area contributed by atoms with Crippen LogP contribution in [-0.4, -0.2) is 43.7 Å². The summed E-state index contributed by atoms with van der Waals surface area (Å²) in [5.74, 6) is 0. The molecule has 0 unspecified atom stereocenters. The Morgan fingerprint density at radius 1 is 1.00 bits per heavy atom. The van der Waals surface area contributed by atoms with Crippen LogP contribution in [0.2, 0.25) is 51.4 Å². The van der Waals surface area contributed by atoms with Crippen molar-refractivity contribution in [2.75, 3.05) is 13.2 Å². The van der Waals surface area contributed by atoms with Crippen molar-refractivity contribution < 1.29 is 9.47 Å². The van der Waals surface area contributed by atoms with Crippen molar-refractivity contribution >= 4 is 43.0 Å². The van der Waals surface area contributed by atoms with E-state index in [2.05, 4.69) is 67.2 Å². The second-order valence-corrected chi connectivity index (χ2v) is 22.0. The summed E-state index contributed by atoms with van der Waals surface area (Å²) in [4.78, 5) is 13.1. The van der Waals surface area contributed by atoms with Crippen LogP contribution < -0.4 is 5.56 Å². The lowest BCUT2D eigenvalue weighted by Crippen LogP contribution is -2.26. The predicted molar refractivity (Wildman–Crippen MR) is 129 cm³/mol. The first-order valence-electron chi connectivity index (χ1n) is 10.4. The third kappa shape index (κ3) is 6.88. The highest BCUT2D eigenvalue weighted by molar-refractivity contribution is 9.10. The van der Waals surface area contributed by atoms with Crippen LogP contribution in [0.25, 0.3) is 10.9 Å². The molecule has 0 saturated heterocycles. The molecule has 0 radical (unpaired) electrons. The molecule has 2 aromatic rings. The Kier molecular flexibility index (Phi) is 8.49. The number of aryl methyl sites for hydroxylation is 1. The Labute approximate surface area is 184 Å². The van der Waals surface area contributed by atoms with Gasteiger partial charge in [-0.1, -0.05) is 46.2 Å². The number of nitrogens with zero attached hydrogens (tertiary/aromatic N) is 3. The molecule has 0 N–H and O–H groups in total. The van der Waals surface area contributed by atoms with Gasteiger partial charge in [0.15, 0.2) is 0 Å². The number of hydrogen-bond donors (Lipinski definition) is 0. The summed E-state index contributed by atoms with van der Waals surface area (Å²) < 4.78 is 16.0. The van der Waals surface area contributed by atoms with Crippen LogP contribution in [0.1, 0.15) is 12.5 Å². The lowest BCUT2D eigenvalue weighted by Gasteiger charge is -2.16. The maximum atomic E-state index is 13.1. The molecule has 0 aliphatic carbocycles. The van der Waals surface area contributed by atoms with Crippen LogP contribution >= 0.6 is 15.9 Å². The van der Waals surface area contributed by atoms with Crippen molar-refractivity contribution in [3.63, 3.8) is 0 Å². The summed E-state index contributed by atoms with van der Waals surface area (Å²) in [5, 5.41) is 5.06. The van der Waals surface area contributed by atoms with E-state index in [9.17, 15) is 4.79 Å². The average Bonchev–Trinajstić information content (AvgIpc) is 2.87. The van der Waals surface area contributed by atoms with Crippen LogP contribution in [-0.2, 0) is 29.4 Å².